The molecule has 0 radical (unpaired) electrons. The van der Waals surface area contributed by atoms with Crippen LogP contribution in [0.15, 0.2) is 18.2 Å². The number of hydrogen-bond donors (Lipinski definition) is 2. The van der Waals surface area contributed by atoms with Crippen LogP contribution < -0.4 is 5.73 Å². The zero-order valence-corrected chi connectivity index (χ0v) is 9.82. The first-order valence-corrected chi connectivity index (χ1v) is 5.50. The molecule has 17 heavy (non-hydrogen) atoms. The second-order valence-corrected chi connectivity index (χ2v) is 3.76. The van der Waals surface area contributed by atoms with Crippen molar-refractivity contribution in [1.82, 2.24) is 4.90 Å². The lowest BCUT2D eigenvalue weighted by atomic mass is 10.1. The second kappa shape index (κ2) is 6.32. The van der Waals surface area contributed by atoms with E-state index < -0.39 is 5.91 Å². The summed E-state index contributed by atoms with van der Waals surface area (Å²) in [6.45, 7) is 3.46. The van der Waals surface area contributed by atoms with Crippen LogP contribution in [0.3, 0.4) is 0 Å². The molecule has 0 atom stereocenters. The van der Waals surface area contributed by atoms with Gasteiger partial charge in [-0.05, 0) is 24.7 Å². The lowest BCUT2D eigenvalue weighted by Crippen LogP contribution is -2.26. The van der Waals surface area contributed by atoms with Crippen LogP contribution in [0.1, 0.15) is 22.8 Å². The summed E-state index contributed by atoms with van der Waals surface area (Å²) >= 11 is 0. The van der Waals surface area contributed by atoms with Crippen molar-refractivity contribution in [2.75, 3.05) is 19.7 Å². The van der Waals surface area contributed by atoms with Crippen molar-refractivity contribution in [3.63, 3.8) is 0 Å². The number of rotatable bonds is 6. The Morgan fingerprint density at radius 2 is 2.24 bits per heavy atom. The van der Waals surface area contributed by atoms with Gasteiger partial charge in [0.15, 0.2) is 0 Å². The average molecular weight is 240 g/mol. The van der Waals surface area contributed by atoms with Crippen molar-refractivity contribution in [2.24, 2.45) is 5.73 Å². The first kappa shape index (κ1) is 13.6. The van der Waals surface area contributed by atoms with E-state index in [4.69, 9.17) is 10.8 Å². The quantitative estimate of drug-likeness (QED) is 0.770. The van der Waals surface area contributed by atoms with E-state index >= 15 is 0 Å². The van der Waals surface area contributed by atoms with Gasteiger partial charge in [0.1, 0.15) is 5.82 Å². The molecule has 0 aliphatic rings. The van der Waals surface area contributed by atoms with Crippen LogP contribution in [0.25, 0.3) is 0 Å². The molecule has 0 saturated carbocycles. The highest BCUT2D eigenvalue weighted by Crippen LogP contribution is 2.13. The molecule has 0 aliphatic carbocycles. The first-order chi connectivity index (χ1) is 8.08. The van der Waals surface area contributed by atoms with Gasteiger partial charge in [-0.25, -0.2) is 4.39 Å². The Balaban J connectivity index is 2.88. The summed E-state index contributed by atoms with van der Waals surface area (Å²) in [4.78, 5) is 12.9. The molecule has 0 aliphatic heterocycles. The molecule has 4 nitrogen and oxygen atoms in total. The minimum absolute atomic E-state index is 0.0188. The normalized spacial score (nSPS) is 10.8. The Bertz CT molecular complexity index is 396. The van der Waals surface area contributed by atoms with Gasteiger partial charge in [0.05, 0.1) is 6.61 Å². The zero-order chi connectivity index (χ0) is 12.8. The Hall–Kier alpha value is -1.46. The van der Waals surface area contributed by atoms with E-state index in [0.717, 1.165) is 0 Å². The number of amides is 1. The summed E-state index contributed by atoms with van der Waals surface area (Å²) in [5.74, 6) is -0.942. The molecule has 1 amide bonds. The SMILES string of the molecule is CCN(CCO)Cc1cc(C(N)=O)ccc1F. The third kappa shape index (κ3) is 3.80. The highest BCUT2D eigenvalue weighted by Gasteiger charge is 2.10. The largest absolute Gasteiger partial charge is 0.395 e. The molecule has 1 aromatic carbocycles. The number of benzene rings is 1. The predicted molar refractivity (Wildman–Crippen MR) is 63.0 cm³/mol. The number of nitrogens with two attached hydrogens (primary N) is 1. The molecule has 0 saturated heterocycles. The van der Waals surface area contributed by atoms with Gasteiger partial charge in [0.2, 0.25) is 5.91 Å². The fraction of sp³-hybridized carbons (Fsp3) is 0.417. The number of hydrogen-bond acceptors (Lipinski definition) is 3. The minimum Gasteiger partial charge on any atom is -0.395 e. The fourth-order valence-corrected chi connectivity index (χ4v) is 1.58. The third-order valence-electron chi connectivity index (χ3n) is 2.59. The van der Waals surface area contributed by atoms with Gasteiger partial charge in [-0.15, -0.1) is 0 Å². The van der Waals surface area contributed by atoms with Gasteiger partial charge in [-0.3, -0.25) is 9.69 Å². The number of aliphatic hydroxyl groups excluding tert-OH is 1. The molecule has 0 aromatic heterocycles. The van der Waals surface area contributed by atoms with E-state index in [-0.39, 0.29) is 12.4 Å². The maximum atomic E-state index is 13.5. The van der Waals surface area contributed by atoms with Crippen LogP contribution in [-0.4, -0.2) is 35.6 Å². The standard InChI is InChI=1S/C12H17FN2O2/c1-2-15(5-6-16)8-10-7-9(12(14)17)3-4-11(10)13/h3-4,7,16H,2,5-6,8H2,1H3,(H2,14,17). The topological polar surface area (TPSA) is 66.6 Å². The summed E-state index contributed by atoms with van der Waals surface area (Å²) in [7, 11) is 0. The highest BCUT2D eigenvalue weighted by atomic mass is 19.1. The van der Waals surface area contributed by atoms with Crippen molar-refractivity contribution in [3.05, 3.63) is 35.1 Å². The van der Waals surface area contributed by atoms with Crippen molar-refractivity contribution < 1.29 is 14.3 Å². The van der Waals surface area contributed by atoms with Crippen LogP contribution in [-0.2, 0) is 6.54 Å². The molecule has 0 spiro atoms. The van der Waals surface area contributed by atoms with Crippen molar-refractivity contribution in [1.29, 1.82) is 0 Å². The molecule has 1 rings (SSSR count). The zero-order valence-electron chi connectivity index (χ0n) is 9.82. The maximum Gasteiger partial charge on any atom is 0.248 e. The summed E-state index contributed by atoms with van der Waals surface area (Å²) < 4.78 is 13.5. The minimum atomic E-state index is -0.573. The van der Waals surface area contributed by atoms with Gasteiger partial charge >= 0.3 is 0 Å². The number of halogens is 1. The Kier molecular flexibility index (Phi) is 5.06. The maximum absolute atomic E-state index is 13.5. The van der Waals surface area contributed by atoms with E-state index in [2.05, 4.69) is 0 Å². The number of aliphatic hydroxyl groups is 1. The van der Waals surface area contributed by atoms with Gasteiger partial charge < -0.3 is 10.8 Å². The summed E-state index contributed by atoms with van der Waals surface area (Å²) in [5.41, 5.74) is 5.85. The van der Waals surface area contributed by atoms with Crippen molar-refractivity contribution in [3.8, 4) is 0 Å². The molecule has 3 N–H and O–H groups in total. The second-order valence-electron chi connectivity index (χ2n) is 3.76. The van der Waals surface area contributed by atoms with Crippen LogP contribution in [0, 0.1) is 5.82 Å². The molecule has 94 valence electrons. The molecule has 5 heteroatoms. The van der Waals surface area contributed by atoms with Gasteiger partial charge in [0, 0.05) is 24.2 Å². The van der Waals surface area contributed by atoms with E-state index in [1.165, 1.54) is 18.2 Å². The fourth-order valence-electron chi connectivity index (χ4n) is 1.58. The number of carbonyl (C=O) groups is 1. The first-order valence-electron chi connectivity index (χ1n) is 5.50. The van der Waals surface area contributed by atoms with Crippen LogP contribution in [0.4, 0.5) is 4.39 Å². The highest BCUT2D eigenvalue weighted by molar-refractivity contribution is 5.92. The van der Waals surface area contributed by atoms with Gasteiger partial charge in [0.25, 0.3) is 0 Å². The van der Waals surface area contributed by atoms with E-state index in [9.17, 15) is 9.18 Å². The van der Waals surface area contributed by atoms with Crippen LogP contribution in [0.2, 0.25) is 0 Å². The molecule has 0 fully saturated rings. The average Bonchev–Trinajstić information content (AvgIpc) is 2.30. The van der Waals surface area contributed by atoms with E-state index in [1.54, 1.807) is 0 Å². The Morgan fingerprint density at radius 1 is 1.53 bits per heavy atom. The molecule has 1 aromatic rings. The van der Waals surface area contributed by atoms with E-state index in [1.807, 2.05) is 11.8 Å². The molecule has 0 heterocycles. The van der Waals surface area contributed by atoms with Crippen LogP contribution in [0.5, 0.6) is 0 Å². The number of likely N-dealkylation sites (N-methyl/N-ethyl adjacent to an activating group) is 1. The van der Waals surface area contributed by atoms with Gasteiger partial charge in [-0.2, -0.15) is 0 Å². The van der Waals surface area contributed by atoms with Crippen LogP contribution >= 0.6 is 0 Å². The summed E-state index contributed by atoms with van der Waals surface area (Å²) in [5, 5.41) is 8.85. The smallest absolute Gasteiger partial charge is 0.248 e. The molecular weight excluding hydrogens is 223 g/mol. The number of carbonyl (C=O) groups excluding carboxylic acids is 1. The van der Waals surface area contributed by atoms with Crippen molar-refractivity contribution >= 4 is 5.91 Å². The predicted octanol–water partition coefficient (Wildman–Crippen LogP) is 0.739. The molecule has 0 unspecified atom stereocenters. The van der Waals surface area contributed by atoms with Gasteiger partial charge in [-0.1, -0.05) is 6.92 Å². The molecule has 0 bridgehead atoms. The van der Waals surface area contributed by atoms with E-state index in [0.29, 0.717) is 30.8 Å². The number of nitrogens with zero attached hydrogens (tertiary/aromatic N) is 1. The lowest BCUT2D eigenvalue weighted by Gasteiger charge is -2.19. The monoisotopic (exact) mass is 240 g/mol. The Labute approximate surface area is 99.8 Å². The lowest BCUT2D eigenvalue weighted by molar-refractivity contribution is 0.1000. The summed E-state index contributed by atoms with van der Waals surface area (Å²) in [6.07, 6.45) is 0. The van der Waals surface area contributed by atoms with Crippen molar-refractivity contribution in [2.45, 2.75) is 13.5 Å². The summed E-state index contributed by atoms with van der Waals surface area (Å²) in [6, 6.07) is 4.06. The third-order valence-corrected chi connectivity index (χ3v) is 2.59. The Morgan fingerprint density at radius 3 is 2.76 bits per heavy atom. The molecular formula is C12H17FN2O2. The number of primary amides is 1.